The summed E-state index contributed by atoms with van der Waals surface area (Å²) in [6.07, 6.45) is 5.95. The van der Waals surface area contributed by atoms with Gasteiger partial charge in [-0.05, 0) is 79.0 Å². The number of nitrogens with one attached hydrogen (secondary N) is 1. The molecule has 1 aliphatic carbocycles. The lowest BCUT2D eigenvalue weighted by molar-refractivity contribution is -0.114. The summed E-state index contributed by atoms with van der Waals surface area (Å²) in [5, 5.41) is 2.91. The lowest BCUT2D eigenvalue weighted by atomic mass is 9.94. The summed E-state index contributed by atoms with van der Waals surface area (Å²) in [6.45, 7) is 1.56. The summed E-state index contributed by atoms with van der Waals surface area (Å²) < 4.78 is 0. The van der Waals surface area contributed by atoms with Gasteiger partial charge in [0.05, 0.1) is 0 Å². The third-order valence-corrected chi connectivity index (χ3v) is 5.14. The van der Waals surface area contributed by atoms with Crippen molar-refractivity contribution in [1.82, 2.24) is 0 Å². The SMILES string of the molecule is CC(=O)Nc1ccc2c(c1)C(CCCc1ccc(N(C)C)cc1)CC2. The number of hydrogen-bond donors (Lipinski definition) is 1. The molecule has 1 unspecified atom stereocenters. The highest BCUT2D eigenvalue weighted by Gasteiger charge is 2.22. The van der Waals surface area contributed by atoms with Crippen molar-refractivity contribution in [2.24, 2.45) is 0 Å². The maximum absolute atomic E-state index is 11.3. The molecule has 0 fully saturated rings. The van der Waals surface area contributed by atoms with E-state index in [0.29, 0.717) is 5.92 Å². The summed E-state index contributed by atoms with van der Waals surface area (Å²) in [5.74, 6) is 0.625. The van der Waals surface area contributed by atoms with E-state index in [1.54, 1.807) is 6.92 Å². The van der Waals surface area contributed by atoms with Crippen LogP contribution >= 0.6 is 0 Å². The van der Waals surface area contributed by atoms with Crippen molar-refractivity contribution in [3.05, 3.63) is 59.2 Å². The van der Waals surface area contributed by atoms with Crippen LogP contribution < -0.4 is 10.2 Å². The standard InChI is InChI=1S/C22H28N2O/c1-16(25)23-20-12-11-19-10-9-18(22(19)15-20)6-4-5-17-7-13-21(14-8-17)24(2)3/h7-8,11-15,18H,4-6,9-10H2,1-3H3,(H,23,25). The van der Waals surface area contributed by atoms with Crippen LogP contribution in [0.25, 0.3) is 0 Å². The van der Waals surface area contributed by atoms with Gasteiger partial charge in [-0.15, -0.1) is 0 Å². The second kappa shape index (κ2) is 7.73. The first-order chi connectivity index (χ1) is 12.0. The van der Waals surface area contributed by atoms with Crippen LogP contribution in [0.2, 0.25) is 0 Å². The molecule has 1 aliphatic rings. The number of benzene rings is 2. The number of hydrogen-bond acceptors (Lipinski definition) is 2. The number of carbonyl (C=O) groups is 1. The van der Waals surface area contributed by atoms with Crippen LogP contribution in [0.15, 0.2) is 42.5 Å². The van der Waals surface area contributed by atoms with Crippen molar-refractivity contribution in [1.29, 1.82) is 0 Å². The lowest BCUT2D eigenvalue weighted by Crippen LogP contribution is -2.08. The molecule has 0 heterocycles. The lowest BCUT2D eigenvalue weighted by Gasteiger charge is -2.14. The van der Waals surface area contributed by atoms with Crippen LogP contribution in [-0.4, -0.2) is 20.0 Å². The Morgan fingerprint density at radius 3 is 2.60 bits per heavy atom. The van der Waals surface area contributed by atoms with Crippen LogP contribution in [0, 0.1) is 0 Å². The molecule has 0 bridgehead atoms. The fraction of sp³-hybridized carbons (Fsp3) is 0.409. The summed E-state index contributed by atoms with van der Waals surface area (Å²) >= 11 is 0. The Morgan fingerprint density at radius 1 is 1.16 bits per heavy atom. The topological polar surface area (TPSA) is 32.3 Å². The molecule has 3 heteroatoms. The molecular weight excluding hydrogens is 308 g/mol. The summed E-state index contributed by atoms with van der Waals surface area (Å²) in [6, 6.07) is 15.3. The maximum atomic E-state index is 11.3. The normalized spacial score (nSPS) is 15.7. The minimum atomic E-state index is -0.00401. The molecule has 1 N–H and O–H groups in total. The second-order valence-electron chi connectivity index (χ2n) is 7.28. The molecule has 1 atom stereocenters. The van der Waals surface area contributed by atoms with Crippen molar-refractivity contribution in [3.63, 3.8) is 0 Å². The fourth-order valence-corrected chi connectivity index (χ4v) is 3.78. The fourth-order valence-electron chi connectivity index (χ4n) is 3.78. The van der Waals surface area contributed by atoms with Crippen LogP contribution in [0.4, 0.5) is 11.4 Å². The van der Waals surface area contributed by atoms with Gasteiger partial charge in [0.1, 0.15) is 0 Å². The van der Waals surface area contributed by atoms with Gasteiger partial charge in [-0.3, -0.25) is 4.79 Å². The Hall–Kier alpha value is -2.29. The molecule has 0 aromatic heterocycles. The molecule has 0 saturated carbocycles. The van der Waals surface area contributed by atoms with Crippen LogP contribution in [0.5, 0.6) is 0 Å². The predicted octanol–water partition coefficient (Wildman–Crippen LogP) is 4.76. The van der Waals surface area contributed by atoms with E-state index in [-0.39, 0.29) is 5.91 Å². The largest absolute Gasteiger partial charge is 0.378 e. The molecular formula is C22H28N2O. The number of fused-ring (bicyclic) bond motifs is 1. The number of amides is 1. The van der Waals surface area contributed by atoms with Crippen LogP contribution in [-0.2, 0) is 17.6 Å². The predicted molar refractivity (Wildman–Crippen MR) is 106 cm³/mol. The van der Waals surface area contributed by atoms with E-state index >= 15 is 0 Å². The summed E-state index contributed by atoms with van der Waals surface area (Å²) in [4.78, 5) is 13.4. The molecule has 0 saturated heterocycles. The van der Waals surface area contributed by atoms with Gasteiger partial charge in [0.25, 0.3) is 0 Å². The minimum Gasteiger partial charge on any atom is -0.378 e. The van der Waals surface area contributed by atoms with E-state index in [4.69, 9.17) is 0 Å². The average Bonchev–Trinajstić information content (AvgIpc) is 2.97. The van der Waals surface area contributed by atoms with Crippen molar-refractivity contribution < 1.29 is 4.79 Å². The number of nitrogens with zero attached hydrogens (tertiary/aromatic N) is 1. The maximum Gasteiger partial charge on any atom is 0.221 e. The van der Waals surface area contributed by atoms with E-state index in [2.05, 4.69) is 60.7 Å². The molecule has 2 aromatic carbocycles. The highest BCUT2D eigenvalue weighted by atomic mass is 16.1. The Labute approximate surface area is 151 Å². The van der Waals surface area contributed by atoms with Gasteiger partial charge in [0.15, 0.2) is 0 Å². The Kier molecular flexibility index (Phi) is 5.42. The van der Waals surface area contributed by atoms with Gasteiger partial charge in [0, 0.05) is 32.4 Å². The Balaban J connectivity index is 1.57. The minimum absolute atomic E-state index is 0.00401. The second-order valence-corrected chi connectivity index (χ2v) is 7.28. The Morgan fingerprint density at radius 2 is 1.92 bits per heavy atom. The smallest absolute Gasteiger partial charge is 0.221 e. The summed E-state index contributed by atoms with van der Waals surface area (Å²) in [7, 11) is 4.14. The number of carbonyl (C=O) groups excluding carboxylic acids is 1. The van der Waals surface area contributed by atoms with Crippen molar-refractivity contribution in [2.45, 2.75) is 44.9 Å². The first kappa shape index (κ1) is 17.5. The number of anilines is 2. The molecule has 25 heavy (non-hydrogen) atoms. The zero-order valence-electron chi connectivity index (χ0n) is 15.5. The quantitative estimate of drug-likeness (QED) is 0.824. The van der Waals surface area contributed by atoms with Gasteiger partial charge < -0.3 is 10.2 Å². The molecule has 132 valence electrons. The molecule has 2 aromatic rings. The highest BCUT2D eigenvalue weighted by Crippen LogP contribution is 2.38. The van der Waals surface area contributed by atoms with E-state index in [0.717, 1.165) is 18.5 Å². The zero-order chi connectivity index (χ0) is 17.8. The molecule has 0 spiro atoms. The number of aryl methyl sites for hydroxylation is 2. The van der Waals surface area contributed by atoms with Gasteiger partial charge >= 0.3 is 0 Å². The van der Waals surface area contributed by atoms with Gasteiger partial charge in [0.2, 0.25) is 5.91 Å². The monoisotopic (exact) mass is 336 g/mol. The van der Waals surface area contributed by atoms with Gasteiger partial charge in [-0.2, -0.15) is 0 Å². The Bertz CT molecular complexity index is 734. The van der Waals surface area contributed by atoms with Crippen molar-refractivity contribution >= 4 is 17.3 Å². The van der Waals surface area contributed by atoms with E-state index in [1.807, 2.05) is 6.07 Å². The molecule has 0 radical (unpaired) electrons. The zero-order valence-corrected chi connectivity index (χ0v) is 15.5. The van der Waals surface area contributed by atoms with Crippen LogP contribution in [0.3, 0.4) is 0 Å². The molecule has 1 amide bonds. The van der Waals surface area contributed by atoms with E-state index < -0.39 is 0 Å². The molecule has 3 nitrogen and oxygen atoms in total. The molecule has 3 rings (SSSR count). The van der Waals surface area contributed by atoms with E-state index in [9.17, 15) is 4.79 Å². The third kappa shape index (κ3) is 4.41. The van der Waals surface area contributed by atoms with Gasteiger partial charge in [-0.25, -0.2) is 0 Å². The van der Waals surface area contributed by atoms with Crippen molar-refractivity contribution in [3.8, 4) is 0 Å². The van der Waals surface area contributed by atoms with E-state index in [1.165, 1.54) is 41.6 Å². The first-order valence-corrected chi connectivity index (χ1v) is 9.19. The first-order valence-electron chi connectivity index (χ1n) is 9.19. The van der Waals surface area contributed by atoms with Crippen molar-refractivity contribution in [2.75, 3.05) is 24.3 Å². The average molecular weight is 336 g/mol. The summed E-state index contributed by atoms with van der Waals surface area (Å²) in [5.41, 5.74) is 6.48. The van der Waals surface area contributed by atoms with Crippen LogP contribution in [0.1, 0.15) is 48.8 Å². The third-order valence-electron chi connectivity index (χ3n) is 5.14. The highest BCUT2D eigenvalue weighted by molar-refractivity contribution is 5.88. The molecule has 0 aliphatic heterocycles. The van der Waals surface area contributed by atoms with Gasteiger partial charge in [-0.1, -0.05) is 18.2 Å². The number of rotatable bonds is 6.